The maximum absolute atomic E-state index is 12.7. The summed E-state index contributed by atoms with van der Waals surface area (Å²) in [5.74, 6) is -2.51. The van der Waals surface area contributed by atoms with Gasteiger partial charge in [0.25, 0.3) is 17.7 Å². The third kappa shape index (κ3) is 3.97. The first-order valence-electron chi connectivity index (χ1n) is 9.31. The molecule has 2 aromatic carbocycles. The van der Waals surface area contributed by atoms with Gasteiger partial charge < -0.3 is 10.1 Å². The summed E-state index contributed by atoms with van der Waals surface area (Å²) in [4.78, 5) is 50.8. The minimum Gasteiger partial charge on any atom is -0.452 e. The minimum absolute atomic E-state index is 0.0342. The highest BCUT2D eigenvalue weighted by atomic mass is 35.5. The molecule has 162 valence electrons. The van der Waals surface area contributed by atoms with Gasteiger partial charge in [0.1, 0.15) is 5.01 Å². The van der Waals surface area contributed by atoms with Crippen LogP contribution in [0.3, 0.4) is 0 Å². The summed E-state index contributed by atoms with van der Waals surface area (Å²) in [5.41, 5.74) is 1.43. The number of hydrogen-bond donors (Lipinski definition) is 1. The van der Waals surface area contributed by atoms with Crippen LogP contribution in [-0.4, -0.2) is 40.5 Å². The van der Waals surface area contributed by atoms with Crippen molar-refractivity contribution in [3.05, 3.63) is 68.7 Å². The Kier molecular flexibility index (Phi) is 5.72. The highest BCUT2D eigenvalue weighted by molar-refractivity contribution is 7.15. The van der Waals surface area contributed by atoms with Crippen LogP contribution in [0.25, 0.3) is 0 Å². The number of nitrogens with one attached hydrogen (secondary N) is 1. The Morgan fingerprint density at radius 2 is 1.84 bits per heavy atom. The van der Waals surface area contributed by atoms with Gasteiger partial charge in [0.05, 0.1) is 16.7 Å². The van der Waals surface area contributed by atoms with Crippen LogP contribution in [0, 0.1) is 13.8 Å². The van der Waals surface area contributed by atoms with Crippen molar-refractivity contribution in [3.63, 3.8) is 0 Å². The summed E-state index contributed by atoms with van der Waals surface area (Å²) in [6.07, 6.45) is 0. The topological polar surface area (TPSA) is 119 Å². The second-order valence-electron chi connectivity index (χ2n) is 6.85. The molecule has 1 aromatic heterocycles. The van der Waals surface area contributed by atoms with Gasteiger partial charge in [-0.3, -0.25) is 14.4 Å². The Morgan fingerprint density at radius 1 is 1.09 bits per heavy atom. The second-order valence-corrected chi connectivity index (χ2v) is 8.41. The van der Waals surface area contributed by atoms with E-state index in [1.807, 2.05) is 0 Å². The monoisotopic (exact) mass is 470 g/mol. The molecule has 0 aliphatic carbocycles. The predicted molar refractivity (Wildman–Crippen MR) is 117 cm³/mol. The number of amides is 3. The van der Waals surface area contributed by atoms with Crippen molar-refractivity contribution in [1.29, 1.82) is 0 Å². The molecule has 1 N–H and O–H groups in total. The van der Waals surface area contributed by atoms with E-state index >= 15 is 0 Å². The number of esters is 1. The van der Waals surface area contributed by atoms with Crippen LogP contribution in [0.15, 0.2) is 36.4 Å². The fraction of sp³-hybridized carbons (Fsp3) is 0.143. The molecule has 32 heavy (non-hydrogen) atoms. The minimum atomic E-state index is -0.809. The lowest BCUT2D eigenvalue weighted by Gasteiger charge is -2.10. The largest absolute Gasteiger partial charge is 0.452 e. The van der Waals surface area contributed by atoms with Gasteiger partial charge in [-0.05, 0) is 49.7 Å². The van der Waals surface area contributed by atoms with Gasteiger partial charge >= 0.3 is 5.97 Å². The fourth-order valence-corrected chi connectivity index (χ4v) is 3.92. The molecule has 0 unspecified atom stereocenters. The molecule has 0 fully saturated rings. The van der Waals surface area contributed by atoms with Gasteiger partial charge in [-0.1, -0.05) is 29.0 Å². The number of aryl methyl sites for hydroxylation is 1. The normalized spacial score (nSPS) is 12.7. The van der Waals surface area contributed by atoms with E-state index in [2.05, 4.69) is 15.5 Å². The lowest BCUT2D eigenvalue weighted by Crippen LogP contribution is -2.29. The van der Waals surface area contributed by atoms with E-state index in [9.17, 15) is 19.2 Å². The highest BCUT2D eigenvalue weighted by Gasteiger charge is 2.39. The zero-order chi connectivity index (χ0) is 23.0. The molecule has 4 rings (SSSR count). The first kappa shape index (κ1) is 21.6. The number of fused-ring (bicyclic) bond motifs is 1. The number of nitrogens with zero attached hydrogens (tertiary/aromatic N) is 3. The molecule has 2 heterocycles. The molecule has 9 nitrogen and oxygen atoms in total. The maximum atomic E-state index is 12.7. The van der Waals surface area contributed by atoms with Gasteiger partial charge in [-0.15, -0.1) is 10.2 Å². The number of carbonyl (C=O) groups excluding carboxylic acids is 4. The van der Waals surface area contributed by atoms with E-state index in [1.165, 1.54) is 18.2 Å². The molecule has 0 saturated heterocycles. The van der Waals surface area contributed by atoms with Crippen LogP contribution in [0.2, 0.25) is 5.02 Å². The molecular formula is C21H15ClN4O5S. The quantitative estimate of drug-likeness (QED) is 0.448. The molecule has 11 heteroatoms. The highest BCUT2D eigenvalue weighted by Crippen LogP contribution is 2.31. The van der Waals surface area contributed by atoms with Crippen LogP contribution >= 0.6 is 22.9 Å². The number of imide groups is 1. The number of aromatic nitrogens is 2. The summed E-state index contributed by atoms with van der Waals surface area (Å²) >= 11 is 7.13. The summed E-state index contributed by atoms with van der Waals surface area (Å²) in [7, 11) is 0. The predicted octanol–water partition coefficient (Wildman–Crippen LogP) is 3.40. The fourth-order valence-electron chi connectivity index (χ4n) is 3.06. The lowest BCUT2D eigenvalue weighted by atomic mass is 10.1. The zero-order valence-corrected chi connectivity index (χ0v) is 18.4. The summed E-state index contributed by atoms with van der Waals surface area (Å²) < 4.78 is 5.05. The van der Waals surface area contributed by atoms with Gasteiger partial charge in [0, 0.05) is 10.7 Å². The van der Waals surface area contributed by atoms with E-state index in [0.29, 0.717) is 21.3 Å². The van der Waals surface area contributed by atoms with E-state index in [0.717, 1.165) is 16.2 Å². The van der Waals surface area contributed by atoms with E-state index in [4.69, 9.17) is 16.3 Å². The Labute approximate surface area is 191 Å². The van der Waals surface area contributed by atoms with Crippen molar-refractivity contribution in [2.24, 2.45) is 0 Å². The van der Waals surface area contributed by atoms with Gasteiger partial charge in [-0.2, -0.15) is 0 Å². The Bertz CT molecular complexity index is 1290. The average molecular weight is 471 g/mol. The third-order valence-corrected chi connectivity index (χ3v) is 5.94. The molecule has 0 spiro atoms. The van der Waals surface area contributed by atoms with Gasteiger partial charge in [0.15, 0.2) is 6.61 Å². The zero-order valence-electron chi connectivity index (χ0n) is 16.8. The van der Waals surface area contributed by atoms with Crippen molar-refractivity contribution in [1.82, 2.24) is 10.2 Å². The SMILES string of the molecule is Cc1nnc(N2C(=O)c3ccc(C(=O)OCC(=O)Nc4cccc(Cl)c4C)cc3C2=O)s1. The summed E-state index contributed by atoms with van der Waals surface area (Å²) in [6.45, 7) is 2.92. The molecular weight excluding hydrogens is 456 g/mol. The van der Waals surface area contributed by atoms with Crippen LogP contribution < -0.4 is 10.2 Å². The second kappa shape index (κ2) is 8.48. The average Bonchev–Trinajstić information content (AvgIpc) is 3.30. The van der Waals surface area contributed by atoms with Crippen LogP contribution in [0.4, 0.5) is 10.8 Å². The molecule has 1 aliphatic rings. The van der Waals surface area contributed by atoms with Crippen molar-refractivity contribution in [2.75, 3.05) is 16.8 Å². The van der Waals surface area contributed by atoms with Crippen LogP contribution in [-0.2, 0) is 9.53 Å². The van der Waals surface area contributed by atoms with Crippen LogP contribution in [0.5, 0.6) is 0 Å². The lowest BCUT2D eigenvalue weighted by molar-refractivity contribution is -0.119. The van der Waals surface area contributed by atoms with Gasteiger partial charge in [-0.25, -0.2) is 9.69 Å². The Morgan fingerprint density at radius 3 is 2.56 bits per heavy atom. The number of hydrogen-bond acceptors (Lipinski definition) is 8. The van der Waals surface area contributed by atoms with E-state index in [-0.39, 0.29) is 21.8 Å². The number of halogens is 1. The number of carbonyl (C=O) groups is 4. The first-order chi connectivity index (χ1) is 15.3. The third-order valence-electron chi connectivity index (χ3n) is 4.71. The smallest absolute Gasteiger partial charge is 0.338 e. The van der Waals surface area contributed by atoms with Crippen LogP contribution in [0.1, 0.15) is 41.6 Å². The number of rotatable bonds is 5. The number of benzene rings is 2. The summed E-state index contributed by atoms with van der Waals surface area (Å²) in [5, 5.41) is 11.5. The van der Waals surface area contributed by atoms with Crippen molar-refractivity contribution in [3.8, 4) is 0 Å². The molecule has 0 atom stereocenters. The van der Waals surface area contributed by atoms with E-state index < -0.39 is 30.3 Å². The Balaban J connectivity index is 1.44. The molecule has 3 amide bonds. The maximum Gasteiger partial charge on any atom is 0.338 e. The standard InChI is InChI=1S/C21H15ClN4O5S/c1-10-15(22)4-3-5-16(10)23-17(27)9-31-20(30)12-6-7-13-14(8-12)19(29)26(18(13)28)21-25-24-11(2)32-21/h3-8H,9H2,1-2H3,(H,23,27). The summed E-state index contributed by atoms with van der Waals surface area (Å²) in [6, 6.07) is 9.06. The van der Waals surface area contributed by atoms with Crippen molar-refractivity contribution in [2.45, 2.75) is 13.8 Å². The van der Waals surface area contributed by atoms with E-state index in [1.54, 1.807) is 32.0 Å². The number of ether oxygens (including phenoxy) is 1. The Hall–Kier alpha value is -3.63. The number of anilines is 2. The molecule has 0 saturated carbocycles. The first-order valence-corrected chi connectivity index (χ1v) is 10.5. The van der Waals surface area contributed by atoms with Crippen molar-refractivity contribution >= 4 is 57.4 Å². The molecule has 1 aliphatic heterocycles. The molecule has 0 radical (unpaired) electrons. The van der Waals surface area contributed by atoms with Crippen molar-refractivity contribution < 1.29 is 23.9 Å². The molecule has 3 aromatic rings. The van der Waals surface area contributed by atoms with Gasteiger partial charge in [0.2, 0.25) is 5.13 Å². The molecule has 0 bridgehead atoms.